The molecule has 1 heterocycles. The number of halogens is 1. The Hall–Kier alpha value is -2.62. The highest BCUT2D eigenvalue weighted by Crippen LogP contribution is 2.30. The number of aromatic hydroxyl groups is 1. The number of nitrogens with zero attached hydrogens (tertiary/aromatic N) is 1. The largest absolute Gasteiger partial charge is 0.501 e. The van der Waals surface area contributed by atoms with Crippen LogP contribution in [0.2, 0.25) is 0 Å². The van der Waals surface area contributed by atoms with E-state index in [9.17, 15) is 14.3 Å². The number of hydrogen-bond acceptors (Lipinski definition) is 2. The molecular formula is C19H18FNO2. The van der Waals surface area contributed by atoms with Gasteiger partial charge in [0.15, 0.2) is 5.82 Å². The molecule has 0 radical (unpaired) electrons. The van der Waals surface area contributed by atoms with Crippen LogP contribution in [0.4, 0.5) is 4.39 Å². The Balaban J connectivity index is 2.09. The topological polar surface area (TPSA) is 42.2 Å². The molecule has 0 saturated heterocycles. The lowest BCUT2D eigenvalue weighted by Gasteiger charge is -2.10. The van der Waals surface area contributed by atoms with Crippen LogP contribution in [0.3, 0.4) is 0 Å². The molecule has 23 heavy (non-hydrogen) atoms. The van der Waals surface area contributed by atoms with Gasteiger partial charge < -0.3 is 9.67 Å². The molecule has 118 valence electrons. The van der Waals surface area contributed by atoms with Crippen molar-refractivity contribution in [1.82, 2.24) is 4.57 Å². The van der Waals surface area contributed by atoms with E-state index in [1.54, 1.807) is 6.07 Å². The van der Waals surface area contributed by atoms with E-state index >= 15 is 0 Å². The van der Waals surface area contributed by atoms with Crippen molar-refractivity contribution >= 4 is 5.57 Å². The van der Waals surface area contributed by atoms with Crippen molar-refractivity contribution in [3.8, 4) is 16.9 Å². The fraction of sp³-hybridized carbons (Fsp3) is 0.211. The SMILES string of the molecule is Cn1cc(-c2cccc(C3=CCCC=CC3)c2)c(F)c(O)c1=O. The lowest BCUT2D eigenvalue weighted by Crippen LogP contribution is -2.17. The first-order chi connectivity index (χ1) is 11.1. The lowest BCUT2D eigenvalue weighted by molar-refractivity contribution is 0.419. The van der Waals surface area contributed by atoms with E-state index in [1.807, 2.05) is 18.2 Å². The Kier molecular flexibility index (Phi) is 4.15. The maximum Gasteiger partial charge on any atom is 0.295 e. The normalized spacial score (nSPS) is 14.4. The minimum absolute atomic E-state index is 0.219. The van der Waals surface area contributed by atoms with E-state index in [0.717, 1.165) is 24.8 Å². The predicted octanol–water partition coefficient (Wildman–Crippen LogP) is 4.02. The van der Waals surface area contributed by atoms with Crippen LogP contribution >= 0.6 is 0 Å². The summed E-state index contributed by atoms with van der Waals surface area (Å²) in [7, 11) is 1.49. The number of aromatic nitrogens is 1. The third-order valence-electron chi connectivity index (χ3n) is 4.06. The van der Waals surface area contributed by atoms with Gasteiger partial charge in [-0.25, -0.2) is 4.39 Å². The first-order valence-corrected chi connectivity index (χ1v) is 7.61. The predicted molar refractivity (Wildman–Crippen MR) is 89.7 cm³/mol. The van der Waals surface area contributed by atoms with E-state index in [1.165, 1.54) is 23.4 Å². The van der Waals surface area contributed by atoms with Crippen molar-refractivity contribution in [2.45, 2.75) is 19.3 Å². The van der Waals surface area contributed by atoms with E-state index in [-0.39, 0.29) is 5.56 Å². The van der Waals surface area contributed by atoms with E-state index in [4.69, 9.17) is 0 Å². The summed E-state index contributed by atoms with van der Waals surface area (Å²) >= 11 is 0. The van der Waals surface area contributed by atoms with Gasteiger partial charge in [-0.1, -0.05) is 36.4 Å². The summed E-state index contributed by atoms with van der Waals surface area (Å²) in [6.45, 7) is 0. The maximum absolute atomic E-state index is 14.3. The van der Waals surface area contributed by atoms with Crippen LogP contribution in [0.1, 0.15) is 24.8 Å². The zero-order valence-electron chi connectivity index (χ0n) is 12.9. The molecule has 1 N–H and O–H groups in total. The zero-order valence-corrected chi connectivity index (χ0v) is 12.9. The molecule has 0 bridgehead atoms. The van der Waals surface area contributed by atoms with Crippen molar-refractivity contribution in [3.05, 3.63) is 70.4 Å². The second-order valence-corrected chi connectivity index (χ2v) is 5.68. The van der Waals surface area contributed by atoms with Gasteiger partial charge in [0, 0.05) is 18.8 Å². The molecule has 1 aliphatic rings. The Morgan fingerprint density at radius 3 is 2.78 bits per heavy atom. The second-order valence-electron chi connectivity index (χ2n) is 5.68. The molecule has 0 unspecified atom stereocenters. The number of pyridine rings is 1. The van der Waals surface area contributed by atoms with Crippen LogP contribution in [0.5, 0.6) is 5.75 Å². The molecule has 3 nitrogen and oxygen atoms in total. The standard InChI is InChI=1S/C19H18FNO2/c1-21-12-16(17(20)18(22)19(21)23)15-10-6-9-14(11-15)13-7-4-2-3-5-8-13/h2,4,6,8-12,22H,3,5,7H2,1H3. The molecule has 0 aliphatic heterocycles. The molecular weight excluding hydrogens is 293 g/mol. The summed E-state index contributed by atoms with van der Waals surface area (Å²) in [5, 5.41) is 9.66. The minimum atomic E-state index is -0.875. The number of aryl methyl sites for hydroxylation is 1. The molecule has 0 fully saturated rings. The van der Waals surface area contributed by atoms with Gasteiger partial charge in [-0.2, -0.15) is 0 Å². The van der Waals surface area contributed by atoms with Crippen LogP contribution in [0, 0.1) is 5.82 Å². The van der Waals surface area contributed by atoms with Gasteiger partial charge in [-0.15, -0.1) is 0 Å². The Labute approximate surface area is 134 Å². The molecule has 0 spiro atoms. The van der Waals surface area contributed by atoms with Gasteiger partial charge >= 0.3 is 0 Å². The third-order valence-corrected chi connectivity index (χ3v) is 4.06. The number of benzene rings is 1. The summed E-state index contributed by atoms with van der Waals surface area (Å²) < 4.78 is 15.5. The van der Waals surface area contributed by atoms with Crippen molar-refractivity contribution in [1.29, 1.82) is 0 Å². The minimum Gasteiger partial charge on any atom is -0.501 e. The summed E-state index contributed by atoms with van der Waals surface area (Å²) in [4.78, 5) is 11.6. The molecule has 3 rings (SSSR count). The van der Waals surface area contributed by atoms with Gasteiger partial charge in [-0.05, 0) is 42.0 Å². The second kappa shape index (κ2) is 6.24. The van der Waals surface area contributed by atoms with Gasteiger partial charge in [0.05, 0.1) is 0 Å². The lowest BCUT2D eigenvalue weighted by atomic mass is 9.97. The van der Waals surface area contributed by atoms with Gasteiger partial charge in [-0.3, -0.25) is 4.79 Å². The van der Waals surface area contributed by atoms with E-state index in [2.05, 4.69) is 18.2 Å². The highest BCUT2D eigenvalue weighted by Gasteiger charge is 2.15. The fourth-order valence-corrected chi connectivity index (χ4v) is 2.79. The van der Waals surface area contributed by atoms with Gasteiger partial charge in [0.25, 0.3) is 5.56 Å². The van der Waals surface area contributed by atoms with Crippen molar-refractivity contribution < 1.29 is 9.50 Å². The number of allylic oxidation sites excluding steroid dienone is 4. The third kappa shape index (κ3) is 2.97. The summed E-state index contributed by atoms with van der Waals surface area (Å²) in [6, 6.07) is 7.53. The van der Waals surface area contributed by atoms with Crippen LogP contribution < -0.4 is 5.56 Å². The quantitative estimate of drug-likeness (QED) is 0.851. The van der Waals surface area contributed by atoms with Crippen LogP contribution in [0.15, 0.2) is 53.5 Å². The average Bonchev–Trinajstić information content (AvgIpc) is 2.86. The molecule has 0 atom stereocenters. The molecule has 4 heteroatoms. The summed E-state index contributed by atoms with van der Waals surface area (Å²) in [6.07, 6.45) is 10.8. The highest BCUT2D eigenvalue weighted by atomic mass is 19.1. The molecule has 0 amide bonds. The van der Waals surface area contributed by atoms with Crippen molar-refractivity contribution in [3.63, 3.8) is 0 Å². The first kappa shape index (κ1) is 15.3. The van der Waals surface area contributed by atoms with E-state index in [0.29, 0.717) is 5.56 Å². The average molecular weight is 311 g/mol. The molecule has 1 aromatic heterocycles. The van der Waals surface area contributed by atoms with Crippen molar-refractivity contribution in [2.75, 3.05) is 0 Å². The zero-order chi connectivity index (χ0) is 16.4. The first-order valence-electron chi connectivity index (χ1n) is 7.61. The van der Waals surface area contributed by atoms with Gasteiger partial charge in [0.1, 0.15) is 0 Å². The smallest absolute Gasteiger partial charge is 0.295 e. The van der Waals surface area contributed by atoms with E-state index < -0.39 is 17.1 Å². The maximum atomic E-state index is 14.3. The van der Waals surface area contributed by atoms with Crippen LogP contribution in [-0.2, 0) is 7.05 Å². The highest BCUT2D eigenvalue weighted by molar-refractivity contribution is 5.74. The Morgan fingerprint density at radius 1 is 1.17 bits per heavy atom. The summed E-state index contributed by atoms with van der Waals surface area (Å²) in [5.41, 5.74) is 2.35. The molecule has 1 aromatic carbocycles. The fourth-order valence-electron chi connectivity index (χ4n) is 2.79. The molecule has 0 saturated carbocycles. The Bertz CT molecular complexity index is 862. The molecule has 2 aromatic rings. The van der Waals surface area contributed by atoms with Crippen molar-refractivity contribution in [2.24, 2.45) is 7.05 Å². The van der Waals surface area contributed by atoms with Gasteiger partial charge in [0.2, 0.25) is 5.75 Å². The van der Waals surface area contributed by atoms with Crippen LogP contribution in [-0.4, -0.2) is 9.67 Å². The Morgan fingerprint density at radius 2 is 1.96 bits per heavy atom. The summed E-state index contributed by atoms with van der Waals surface area (Å²) in [5.74, 6) is -1.72. The molecule has 1 aliphatic carbocycles. The van der Waals surface area contributed by atoms with Crippen LogP contribution in [0.25, 0.3) is 16.7 Å². The number of rotatable bonds is 2. The monoisotopic (exact) mass is 311 g/mol. The number of hydrogen-bond donors (Lipinski definition) is 1.